The summed E-state index contributed by atoms with van der Waals surface area (Å²) in [6, 6.07) is 9.85. The second kappa shape index (κ2) is 4.34. The summed E-state index contributed by atoms with van der Waals surface area (Å²) in [5, 5.41) is 2.96. The van der Waals surface area contributed by atoms with Gasteiger partial charge in [-0.05, 0) is 19.4 Å². The maximum Gasteiger partial charge on any atom is 0.317 e. The van der Waals surface area contributed by atoms with E-state index in [9.17, 15) is 4.79 Å². The molecule has 1 rings (SSSR count). The molecule has 0 saturated carbocycles. The number of nitrogens with one attached hydrogen (secondary N) is 1. The van der Waals surface area contributed by atoms with E-state index in [0.717, 1.165) is 5.56 Å². The summed E-state index contributed by atoms with van der Waals surface area (Å²) in [4.78, 5) is 13.1. The van der Waals surface area contributed by atoms with E-state index in [1.165, 1.54) is 4.90 Å². The summed E-state index contributed by atoms with van der Waals surface area (Å²) in [6.07, 6.45) is 0. The highest BCUT2D eigenvalue weighted by atomic mass is 16.2. The van der Waals surface area contributed by atoms with Gasteiger partial charge in [-0.25, -0.2) is 4.79 Å². The number of rotatable bonds is 2. The Morgan fingerprint density at radius 3 is 2.20 bits per heavy atom. The summed E-state index contributed by atoms with van der Waals surface area (Å²) >= 11 is 0. The number of nitrogens with zero attached hydrogens (tertiary/aromatic N) is 1. The summed E-state index contributed by atoms with van der Waals surface area (Å²) < 4.78 is 0. The normalized spacial score (nSPS) is 10.9. The van der Waals surface area contributed by atoms with Crippen LogP contribution in [0.1, 0.15) is 19.4 Å². The standard InChI is InChI=1S/C12H18N2O/c1-12(2,13-11(15)14(3)4)10-8-6-5-7-9-10/h5-9H,1-4H3,(H,13,15). The Bertz CT molecular complexity index is 331. The molecule has 0 atom stereocenters. The average molecular weight is 206 g/mol. The molecule has 0 aromatic heterocycles. The van der Waals surface area contributed by atoms with E-state index in [1.54, 1.807) is 14.1 Å². The Labute approximate surface area is 91.1 Å². The van der Waals surface area contributed by atoms with Crippen molar-refractivity contribution in [3.8, 4) is 0 Å². The van der Waals surface area contributed by atoms with Crippen LogP contribution < -0.4 is 5.32 Å². The van der Waals surface area contributed by atoms with E-state index in [-0.39, 0.29) is 11.6 Å². The monoisotopic (exact) mass is 206 g/mol. The predicted molar refractivity (Wildman–Crippen MR) is 61.7 cm³/mol. The van der Waals surface area contributed by atoms with Gasteiger partial charge < -0.3 is 10.2 Å². The van der Waals surface area contributed by atoms with Crippen molar-refractivity contribution in [2.75, 3.05) is 14.1 Å². The lowest BCUT2D eigenvalue weighted by atomic mass is 9.95. The Morgan fingerprint density at radius 2 is 1.73 bits per heavy atom. The smallest absolute Gasteiger partial charge is 0.317 e. The van der Waals surface area contributed by atoms with Gasteiger partial charge in [-0.15, -0.1) is 0 Å². The van der Waals surface area contributed by atoms with Crippen LogP contribution >= 0.6 is 0 Å². The van der Waals surface area contributed by atoms with Crippen LogP contribution in [0.3, 0.4) is 0 Å². The molecule has 1 N–H and O–H groups in total. The Hall–Kier alpha value is -1.51. The third-order valence-corrected chi connectivity index (χ3v) is 2.32. The molecule has 82 valence electrons. The lowest BCUT2D eigenvalue weighted by Crippen LogP contribution is -2.45. The zero-order chi connectivity index (χ0) is 11.5. The van der Waals surface area contributed by atoms with Gasteiger partial charge in [-0.3, -0.25) is 0 Å². The quantitative estimate of drug-likeness (QED) is 0.790. The van der Waals surface area contributed by atoms with E-state index in [4.69, 9.17) is 0 Å². The lowest BCUT2D eigenvalue weighted by molar-refractivity contribution is 0.206. The molecule has 2 amide bonds. The minimum absolute atomic E-state index is 0.0798. The minimum Gasteiger partial charge on any atom is -0.331 e. The van der Waals surface area contributed by atoms with Crippen molar-refractivity contribution in [3.63, 3.8) is 0 Å². The van der Waals surface area contributed by atoms with Gasteiger partial charge in [0.25, 0.3) is 0 Å². The fourth-order valence-corrected chi connectivity index (χ4v) is 1.31. The molecule has 0 spiro atoms. The molecule has 0 unspecified atom stereocenters. The lowest BCUT2D eigenvalue weighted by Gasteiger charge is -2.28. The molecule has 3 nitrogen and oxygen atoms in total. The Kier molecular flexibility index (Phi) is 3.35. The Balaban J connectivity index is 2.80. The van der Waals surface area contributed by atoms with E-state index in [0.29, 0.717) is 0 Å². The van der Waals surface area contributed by atoms with Crippen molar-refractivity contribution in [2.45, 2.75) is 19.4 Å². The first-order chi connectivity index (χ1) is 6.93. The molecular formula is C12H18N2O. The highest BCUT2D eigenvalue weighted by Crippen LogP contribution is 2.19. The van der Waals surface area contributed by atoms with Crippen molar-refractivity contribution >= 4 is 6.03 Å². The van der Waals surface area contributed by atoms with Crippen molar-refractivity contribution < 1.29 is 4.79 Å². The summed E-state index contributed by atoms with van der Waals surface area (Å²) in [7, 11) is 3.47. The van der Waals surface area contributed by atoms with Crippen LogP contribution in [0.25, 0.3) is 0 Å². The molecule has 0 bridgehead atoms. The zero-order valence-corrected chi connectivity index (χ0v) is 9.74. The minimum atomic E-state index is -0.345. The van der Waals surface area contributed by atoms with Gasteiger partial charge in [0.2, 0.25) is 0 Å². The average Bonchev–Trinajstić information content (AvgIpc) is 2.18. The van der Waals surface area contributed by atoms with Gasteiger partial charge in [0.05, 0.1) is 5.54 Å². The second-order valence-electron chi connectivity index (χ2n) is 4.32. The number of carbonyl (C=O) groups is 1. The predicted octanol–water partition coefficient (Wildman–Crippen LogP) is 2.19. The molecule has 0 aliphatic heterocycles. The second-order valence-corrected chi connectivity index (χ2v) is 4.32. The molecule has 0 aliphatic carbocycles. The largest absolute Gasteiger partial charge is 0.331 e. The van der Waals surface area contributed by atoms with E-state index < -0.39 is 0 Å². The summed E-state index contributed by atoms with van der Waals surface area (Å²) in [5.41, 5.74) is 0.753. The molecule has 0 saturated heterocycles. The van der Waals surface area contributed by atoms with Crippen molar-refractivity contribution in [1.29, 1.82) is 0 Å². The topological polar surface area (TPSA) is 32.3 Å². The molecule has 15 heavy (non-hydrogen) atoms. The molecule has 0 fully saturated rings. The van der Waals surface area contributed by atoms with Crippen LogP contribution in [0.15, 0.2) is 30.3 Å². The number of amides is 2. The van der Waals surface area contributed by atoms with Crippen LogP contribution in [0.4, 0.5) is 4.79 Å². The molecule has 0 heterocycles. The van der Waals surface area contributed by atoms with Crippen LogP contribution in [-0.2, 0) is 5.54 Å². The number of urea groups is 1. The first-order valence-electron chi connectivity index (χ1n) is 4.98. The van der Waals surface area contributed by atoms with Crippen molar-refractivity contribution in [3.05, 3.63) is 35.9 Å². The molecule has 0 aliphatic rings. The molecular weight excluding hydrogens is 188 g/mol. The SMILES string of the molecule is CN(C)C(=O)NC(C)(C)c1ccccc1. The number of hydrogen-bond donors (Lipinski definition) is 1. The molecule has 1 aromatic carbocycles. The maximum absolute atomic E-state index is 11.5. The first kappa shape index (κ1) is 11.6. The zero-order valence-electron chi connectivity index (χ0n) is 9.74. The molecule has 3 heteroatoms. The highest BCUT2D eigenvalue weighted by Gasteiger charge is 2.22. The summed E-state index contributed by atoms with van der Waals surface area (Å²) in [5.74, 6) is 0. The number of benzene rings is 1. The third-order valence-electron chi connectivity index (χ3n) is 2.32. The van der Waals surface area contributed by atoms with Crippen molar-refractivity contribution in [1.82, 2.24) is 10.2 Å². The fourth-order valence-electron chi connectivity index (χ4n) is 1.31. The van der Waals surface area contributed by atoms with Crippen LogP contribution in [0, 0.1) is 0 Å². The number of carbonyl (C=O) groups excluding carboxylic acids is 1. The summed E-state index contributed by atoms with van der Waals surface area (Å²) in [6.45, 7) is 3.98. The fraction of sp³-hybridized carbons (Fsp3) is 0.417. The highest BCUT2D eigenvalue weighted by molar-refractivity contribution is 5.74. The first-order valence-corrected chi connectivity index (χ1v) is 4.98. The van der Waals surface area contributed by atoms with Crippen molar-refractivity contribution in [2.24, 2.45) is 0 Å². The third kappa shape index (κ3) is 2.98. The van der Waals surface area contributed by atoms with Gasteiger partial charge in [0, 0.05) is 14.1 Å². The van der Waals surface area contributed by atoms with Crippen LogP contribution in [-0.4, -0.2) is 25.0 Å². The van der Waals surface area contributed by atoms with Gasteiger partial charge in [-0.1, -0.05) is 30.3 Å². The van der Waals surface area contributed by atoms with Gasteiger partial charge in [0.15, 0.2) is 0 Å². The van der Waals surface area contributed by atoms with E-state index in [1.807, 2.05) is 44.2 Å². The van der Waals surface area contributed by atoms with Gasteiger partial charge >= 0.3 is 6.03 Å². The van der Waals surface area contributed by atoms with Gasteiger partial charge in [-0.2, -0.15) is 0 Å². The van der Waals surface area contributed by atoms with E-state index >= 15 is 0 Å². The maximum atomic E-state index is 11.5. The number of hydrogen-bond acceptors (Lipinski definition) is 1. The van der Waals surface area contributed by atoms with E-state index in [2.05, 4.69) is 5.32 Å². The van der Waals surface area contributed by atoms with Gasteiger partial charge in [0.1, 0.15) is 0 Å². The van der Waals surface area contributed by atoms with Crippen LogP contribution in [0.5, 0.6) is 0 Å². The Morgan fingerprint density at radius 1 is 1.20 bits per heavy atom. The molecule has 1 aromatic rings. The molecule has 0 radical (unpaired) electrons. The van der Waals surface area contributed by atoms with Crippen LogP contribution in [0.2, 0.25) is 0 Å².